The Morgan fingerprint density at radius 3 is 2.88 bits per heavy atom. The first kappa shape index (κ1) is 9.78. The second-order valence-corrected chi connectivity index (χ2v) is 4.13. The van der Waals surface area contributed by atoms with Crippen molar-refractivity contribution in [3.8, 4) is 11.5 Å². The van der Waals surface area contributed by atoms with E-state index in [0.29, 0.717) is 0 Å². The lowest BCUT2D eigenvalue weighted by atomic mass is 10.2. The van der Waals surface area contributed by atoms with Crippen LogP contribution in [0.25, 0.3) is 0 Å². The summed E-state index contributed by atoms with van der Waals surface area (Å²) in [5, 5.41) is 1.80. The molecule has 0 radical (unpaired) electrons. The number of hydrogen-bond acceptors (Lipinski definition) is 4. The fourth-order valence-electron chi connectivity index (χ4n) is 1.83. The van der Waals surface area contributed by atoms with E-state index in [1.807, 2.05) is 25.1 Å². The van der Waals surface area contributed by atoms with Gasteiger partial charge in [0.1, 0.15) is 17.5 Å². The molecule has 2 bridgehead atoms. The van der Waals surface area contributed by atoms with Gasteiger partial charge in [0.2, 0.25) is 0 Å². The predicted octanol–water partition coefficient (Wildman–Crippen LogP) is 2.33. The molecule has 2 unspecified atom stereocenters. The molecule has 4 heteroatoms. The largest absolute Gasteiger partial charge is 0.491 e. The van der Waals surface area contributed by atoms with Crippen LogP contribution in [-0.4, -0.2) is 18.9 Å². The van der Waals surface area contributed by atoms with Gasteiger partial charge in [0, 0.05) is 6.07 Å². The Balaban J connectivity index is 1.84. The van der Waals surface area contributed by atoms with Crippen LogP contribution in [-0.2, 0) is 4.74 Å². The van der Waals surface area contributed by atoms with Gasteiger partial charge < -0.3 is 14.3 Å². The third-order valence-corrected chi connectivity index (χ3v) is 2.74. The summed E-state index contributed by atoms with van der Waals surface area (Å²) in [4.78, 5) is 5.63. The Labute approximate surface area is 94.7 Å². The summed E-state index contributed by atoms with van der Waals surface area (Å²) < 4.78 is 11.1. The number of fused-ring (bicyclic) bond motifs is 3. The fourth-order valence-corrected chi connectivity index (χ4v) is 1.83. The standard InChI is InChI=1S/C12H15NO3/c1-3-6-14-11-7-9-4-5-10(11)13(16-9)12-8(2)15-12/h4-5,7-8,12H,3,6H2,1-2H3. The van der Waals surface area contributed by atoms with E-state index in [-0.39, 0.29) is 12.3 Å². The van der Waals surface area contributed by atoms with Crippen LogP contribution >= 0.6 is 0 Å². The van der Waals surface area contributed by atoms with E-state index in [0.717, 1.165) is 30.2 Å². The van der Waals surface area contributed by atoms with Crippen molar-refractivity contribution in [2.45, 2.75) is 32.6 Å². The van der Waals surface area contributed by atoms with E-state index in [9.17, 15) is 0 Å². The molecule has 3 heterocycles. The van der Waals surface area contributed by atoms with Crippen molar-refractivity contribution < 1.29 is 14.3 Å². The number of nitrogens with zero attached hydrogens (tertiary/aromatic N) is 1. The number of benzene rings is 1. The van der Waals surface area contributed by atoms with Gasteiger partial charge >= 0.3 is 0 Å². The summed E-state index contributed by atoms with van der Waals surface area (Å²) in [5.74, 6) is 1.69. The molecule has 0 spiro atoms. The summed E-state index contributed by atoms with van der Waals surface area (Å²) in [6.07, 6.45) is 1.26. The van der Waals surface area contributed by atoms with Crippen molar-refractivity contribution >= 4 is 5.69 Å². The van der Waals surface area contributed by atoms with Crippen molar-refractivity contribution in [2.75, 3.05) is 11.7 Å². The van der Waals surface area contributed by atoms with Gasteiger partial charge in [-0.15, -0.1) is 0 Å². The van der Waals surface area contributed by atoms with Crippen molar-refractivity contribution in [3.05, 3.63) is 18.2 Å². The predicted molar refractivity (Wildman–Crippen MR) is 59.7 cm³/mol. The van der Waals surface area contributed by atoms with Gasteiger partial charge in [-0.3, -0.25) is 0 Å². The number of ether oxygens (including phenoxy) is 2. The first-order valence-corrected chi connectivity index (χ1v) is 5.69. The van der Waals surface area contributed by atoms with E-state index >= 15 is 0 Å². The minimum absolute atomic E-state index is 0.0314. The molecule has 4 nitrogen and oxygen atoms in total. The van der Waals surface area contributed by atoms with Crippen LogP contribution in [0.4, 0.5) is 5.69 Å². The highest BCUT2D eigenvalue weighted by atomic mass is 16.8. The Hall–Kier alpha value is -1.42. The number of rotatable bonds is 4. The molecule has 0 N–H and O–H groups in total. The zero-order valence-electron chi connectivity index (χ0n) is 9.47. The highest BCUT2D eigenvalue weighted by molar-refractivity contribution is 5.64. The minimum atomic E-state index is 0.0314. The van der Waals surface area contributed by atoms with Crippen LogP contribution < -0.4 is 14.6 Å². The molecule has 3 aliphatic rings. The Kier molecular flexibility index (Phi) is 2.17. The van der Waals surface area contributed by atoms with Gasteiger partial charge in [0.15, 0.2) is 12.0 Å². The Morgan fingerprint density at radius 2 is 2.25 bits per heavy atom. The number of hydroxylamine groups is 1. The van der Waals surface area contributed by atoms with Crippen LogP contribution in [0.2, 0.25) is 0 Å². The zero-order valence-corrected chi connectivity index (χ0v) is 9.47. The van der Waals surface area contributed by atoms with E-state index in [2.05, 4.69) is 6.92 Å². The van der Waals surface area contributed by atoms with E-state index in [1.54, 1.807) is 5.06 Å². The zero-order chi connectivity index (χ0) is 11.1. The fraction of sp³-hybridized carbons (Fsp3) is 0.500. The van der Waals surface area contributed by atoms with Gasteiger partial charge in [0.25, 0.3) is 0 Å². The molecule has 16 heavy (non-hydrogen) atoms. The SMILES string of the molecule is CCCOc1cc2ccc1N(C1OC1C)O2. The Morgan fingerprint density at radius 1 is 1.44 bits per heavy atom. The monoisotopic (exact) mass is 221 g/mol. The van der Waals surface area contributed by atoms with Crippen molar-refractivity contribution in [1.82, 2.24) is 0 Å². The molecule has 1 saturated heterocycles. The first-order valence-electron chi connectivity index (χ1n) is 5.69. The number of anilines is 1. The van der Waals surface area contributed by atoms with Gasteiger partial charge in [-0.1, -0.05) is 6.92 Å². The van der Waals surface area contributed by atoms with Gasteiger partial charge in [-0.2, -0.15) is 5.06 Å². The lowest BCUT2D eigenvalue weighted by Gasteiger charge is -2.29. The second-order valence-electron chi connectivity index (χ2n) is 4.13. The van der Waals surface area contributed by atoms with Crippen LogP contribution in [0.15, 0.2) is 18.2 Å². The number of epoxide rings is 1. The molecule has 0 aliphatic carbocycles. The van der Waals surface area contributed by atoms with Crippen LogP contribution in [0.1, 0.15) is 20.3 Å². The smallest absolute Gasteiger partial charge is 0.191 e. The topological polar surface area (TPSA) is 34.2 Å². The first-order chi connectivity index (χ1) is 7.79. The summed E-state index contributed by atoms with van der Waals surface area (Å²) in [5.41, 5.74) is 0.956. The molecule has 0 aromatic heterocycles. The summed E-state index contributed by atoms with van der Waals surface area (Å²) in [6, 6.07) is 5.88. The van der Waals surface area contributed by atoms with E-state index in [1.165, 1.54) is 0 Å². The van der Waals surface area contributed by atoms with Crippen molar-refractivity contribution in [3.63, 3.8) is 0 Å². The van der Waals surface area contributed by atoms with Gasteiger partial charge in [0.05, 0.1) is 6.61 Å². The molecule has 1 aromatic rings. The minimum Gasteiger partial charge on any atom is -0.491 e. The van der Waals surface area contributed by atoms with Crippen molar-refractivity contribution in [1.29, 1.82) is 0 Å². The van der Waals surface area contributed by atoms with Crippen LogP contribution in [0, 0.1) is 0 Å². The molecule has 3 aliphatic heterocycles. The average Bonchev–Trinajstić information content (AvgIpc) is 3.04. The maximum atomic E-state index is 5.68. The molecule has 1 aromatic carbocycles. The van der Waals surface area contributed by atoms with Gasteiger partial charge in [-0.25, -0.2) is 0 Å². The lowest BCUT2D eigenvalue weighted by Crippen LogP contribution is -2.34. The second kappa shape index (κ2) is 3.56. The van der Waals surface area contributed by atoms with Crippen LogP contribution in [0.3, 0.4) is 0 Å². The molecule has 0 saturated carbocycles. The maximum Gasteiger partial charge on any atom is 0.191 e. The molecule has 1 fully saturated rings. The number of hydrogen-bond donors (Lipinski definition) is 0. The maximum absolute atomic E-state index is 5.68. The highest BCUT2D eigenvalue weighted by Gasteiger charge is 2.44. The molecule has 2 atom stereocenters. The summed E-state index contributed by atoms with van der Waals surface area (Å²) in [7, 11) is 0. The molecular formula is C12H15NO3. The van der Waals surface area contributed by atoms with E-state index in [4.69, 9.17) is 14.3 Å². The summed E-state index contributed by atoms with van der Waals surface area (Å²) in [6.45, 7) is 4.85. The molecular weight excluding hydrogens is 206 g/mol. The molecule has 0 amide bonds. The third-order valence-electron chi connectivity index (χ3n) is 2.74. The highest BCUT2D eigenvalue weighted by Crippen LogP contribution is 2.43. The van der Waals surface area contributed by atoms with E-state index < -0.39 is 0 Å². The summed E-state index contributed by atoms with van der Waals surface area (Å²) >= 11 is 0. The van der Waals surface area contributed by atoms with Gasteiger partial charge in [-0.05, 0) is 25.5 Å². The molecule has 86 valence electrons. The lowest BCUT2D eigenvalue weighted by molar-refractivity contribution is 0.205. The van der Waals surface area contributed by atoms with Crippen molar-refractivity contribution in [2.24, 2.45) is 0 Å². The molecule has 4 rings (SSSR count). The third kappa shape index (κ3) is 1.50. The average molecular weight is 221 g/mol. The quantitative estimate of drug-likeness (QED) is 0.731. The normalized spacial score (nSPS) is 25.5. The van der Waals surface area contributed by atoms with Crippen LogP contribution in [0.5, 0.6) is 11.5 Å². The Bertz CT molecular complexity index is 407.